The molecule has 0 aliphatic carbocycles. The summed E-state index contributed by atoms with van der Waals surface area (Å²) in [4.78, 5) is 14.7. The molecule has 0 bridgehead atoms. The van der Waals surface area contributed by atoms with E-state index in [1.54, 1.807) is 32.2 Å². The fourth-order valence-corrected chi connectivity index (χ4v) is 11.6. The topological polar surface area (TPSA) is 111 Å². The lowest BCUT2D eigenvalue weighted by Gasteiger charge is -2.40. The van der Waals surface area contributed by atoms with Crippen LogP contribution in [-0.2, 0) is 31.0 Å². The maximum absolute atomic E-state index is 19.1. The standard InChI is InChI=1S/C70H60FN5O6/c1-77-58-40-34-51(35-41-58)68(49-22-10-4-11-23-49,50-24-12-5-13-25-50)75-65-63-66(73-47-72-65)76(48-74-63)67-62(71)64(82-70(54-30-18-8-19-31-54,55-32-20-9-21-33-55)57-38-44-60(79-3)45-39-57)61(81-67)46-80-69(52-26-14-6-15-27-52,53-28-16-7-17-29-53)56-36-42-59(78-2)43-37-56/h4-45,47-48,61-62,64,67H,46H2,1-3H3,(H,72,73,75)/t61-,62+,64-,67-/m1/s1/i71-1. The summed E-state index contributed by atoms with van der Waals surface area (Å²) >= 11 is 0. The van der Waals surface area contributed by atoms with Crippen LogP contribution in [0, 0.1) is 0 Å². The third-order valence-electron chi connectivity index (χ3n) is 15.6. The number of benzene rings is 9. The van der Waals surface area contributed by atoms with Gasteiger partial charge in [-0.3, -0.25) is 4.57 Å². The fraction of sp³-hybridized carbons (Fsp3) is 0.157. The molecule has 0 spiro atoms. The number of nitrogens with zero attached hydrogens (tertiary/aromatic N) is 4. The van der Waals surface area contributed by atoms with Gasteiger partial charge in [-0.1, -0.05) is 218 Å². The van der Waals surface area contributed by atoms with Gasteiger partial charge in [-0.25, -0.2) is 19.3 Å². The number of anilines is 1. The van der Waals surface area contributed by atoms with Crippen LogP contribution < -0.4 is 19.5 Å². The molecule has 4 atom stereocenters. The molecule has 0 amide bonds. The summed E-state index contributed by atoms with van der Waals surface area (Å²) in [5.41, 5.74) is 4.71. The Morgan fingerprint density at radius 2 is 0.817 bits per heavy atom. The number of hydrogen-bond donors (Lipinski definition) is 1. The van der Waals surface area contributed by atoms with E-state index in [2.05, 4.69) is 29.6 Å². The van der Waals surface area contributed by atoms with E-state index in [9.17, 15) is 0 Å². The van der Waals surface area contributed by atoms with E-state index in [0.717, 1.165) is 50.1 Å². The Labute approximate surface area is 476 Å². The van der Waals surface area contributed by atoms with E-state index in [1.807, 2.05) is 231 Å². The molecule has 1 fully saturated rings. The zero-order chi connectivity index (χ0) is 55.9. The van der Waals surface area contributed by atoms with Crippen LogP contribution in [0.5, 0.6) is 17.2 Å². The average molecular weight is 1090 g/mol. The molecular formula is C70H60FN5O6. The Morgan fingerprint density at radius 1 is 0.451 bits per heavy atom. The van der Waals surface area contributed by atoms with Crippen molar-refractivity contribution in [2.24, 2.45) is 0 Å². The van der Waals surface area contributed by atoms with Gasteiger partial charge in [0.1, 0.15) is 52.5 Å². The first kappa shape index (κ1) is 53.2. The Morgan fingerprint density at radius 3 is 1.24 bits per heavy atom. The largest absolute Gasteiger partial charge is 0.497 e. The molecule has 11 aromatic rings. The summed E-state index contributed by atoms with van der Waals surface area (Å²) in [7, 11) is 4.92. The highest BCUT2D eigenvalue weighted by atomic mass is 18.2. The SMILES string of the molecule is COc1ccc(C(Nc2ncnc3c2ncn3[C@@H]2O[C@H](COC(c3ccccc3)(c3ccccc3)c3ccc(OC)cc3)[C@@H](OC(c3ccccc3)(c3ccccc3)c3ccc(OC)cc3)[C@@H]2[18F])(c2ccccc2)c2ccccc2)cc1. The van der Waals surface area contributed by atoms with Crippen molar-refractivity contribution in [2.45, 2.75) is 41.3 Å². The molecule has 1 saturated heterocycles. The number of rotatable bonds is 20. The van der Waals surface area contributed by atoms with Crippen LogP contribution in [0.2, 0.25) is 0 Å². The number of fused-ring (bicyclic) bond motifs is 1. The lowest BCUT2D eigenvalue weighted by atomic mass is 9.77. The molecule has 2 aromatic heterocycles. The van der Waals surface area contributed by atoms with E-state index >= 15 is 4.39 Å². The lowest BCUT2D eigenvalue weighted by molar-refractivity contribution is -0.128. The molecule has 1 aliphatic heterocycles. The number of aromatic nitrogens is 4. The van der Waals surface area contributed by atoms with Crippen molar-refractivity contribution in [1.82, 2.24) is 19.5 Å². The molecule has 12 rings (SSSR count). The van der Waals surface area contributed by atoms with Crippen molar-refractivity contribution in [1.29, 1.82) is 0 Å². The predicted octanol–water partition coefficient (Wildman–Crippen LogP) is 13.9. The van der Waals surface area contributed by atoms with Crippen LogP contribution in [-0.4, -0.2) is 65.8 Å². The third kappa shape index (κ3) is 9.70. The summed E-state index contributed by atoms with van der Waals surface area (Å²) in [6.45, 7) is -0.146. The molecule has 3 heterocycles. The van der Waals surface area contributed by atoms with Gasteiger partial charge in [0.25, 0.3) is 0 Å². The maximum atomic E-state index is 19.1. The van der Waals surface area contributed by atoms with Crippen molar-refractivity contribution >= 4 is 17.0 Å². The molecule has 1 N–H and O–H groups in total. The van der Waals surface area contributed by atoms with E-state index < -0.39 is 41.3 Å². The van der Waals surface area contributed by atoms with Gasteiger partial charge in [-0.05, 0) is 86.5 Å². The monoisotopic (exact) mass is 1080 g/mol. The zero-order valence-electron chi connectivity index (χ0n) is 45.5. The normalized spacial score (nSPS) is 16.4. The van der Waals surface area contributed by atoms with Crippen molar-refractivity contribution < 1.29 is 32.8 Å². The maximum Gasteiger partial charge on any atom is 0.174 e. The molecular weight excluding hydrogens is 1020 g/mol. The van der Waals surface area contributed by atoms with Gasteiger partial charge < -0.3 is 33.7 Å². The Balaban J connectivity index is 1.02. The Bertz CT molecular complexity index is 3710. The second kappa shape index (κ2) is 23.3. The van der Waals surface area contributed by atoms with Crippen molar-refractivity contribution in [3.63, 3.8) is 0 Å². The minimum Gasteiger partial charge on any atom is -0.497 e. The predicted molar refractivity (Wildman–Crippen MR) is 316 cm³/mol. The minimum absolute atomic E-state index is 0.146. The lowest BCUT2D eigenvalue weighted by Crippen LogP contribution is -2.45. The average Bonchev–Trinajstić information content (AvgIpc) is 4.25. The van der Waals surface area contributed by atoms with Gasteiger partial charge in [0.2, 0.25) is 0 Å². The van der Waals surface area contributed by atoms with Crippen LogP contribution >= 0.6 is 0 Å². The highest BCUT2D eigenvalue weighted by Gasteiger charge is 2.54. The molecule has 11 nitrogen and oxygen atoms in total. The first-order chi connectivity index (χ1) is 40.4. The highest BCUT2D eigenvalue weighted by molar-refractivity contribution is 5.84. The van der Waals surface area contributed by atoms with Gasteiger partial charge in [0.05, 0.1) is 34.3 Å². The van der Waals surface area contributed by atoms with Crippen LogP contribution in [0.1, 0.15) is 56.3 Å². The number of ether oxygens (including phenoxy) is 6. The second-order valence-corrected chi connectivity index (χ2v) is 20.1. The van der Waals surface area contributed by atoms with Crippen LogP contribution in [0.3, 0.4) is 0 Å². The van der Waals surface area contributed by atoms with E-state index in [0.29, 0.717) is 34.2 Å². The van der Waals surface area contributed by atoms with Gasteiger partial charge in [-0.15, -0.1) is 0 Å². The summed E-state index contributed by atoms with van der Waals surface area (Å²) in [6.07, 6.45) is -2.50. The number of nitrogens with one attached hydrogen (secondary N) is 1. The van der Waals surface area contributed by atoms with Crippen molar-refractivity contribution in [2.75, 3.05) is 33.3 Å². The molecule has 0 radical (unpaired) electrons. The van der Waals surface area contributed by atoms with E-state index in [1.165, 1.54) is 6.33 Å². The molecule has 0 saturated carbocycles. The number of alkyl halides is 1. The van der Waals surface area contributed by atoms with Gasteiger partial charge in [0.15, 0.2) is 29.4 Å². The summed E-state index contributed by atoms with van der Waals surface area (Å²) in [5, 5.41) is 3.88. The summed E-state index contributed by atoms with van der Waals surface area (Å²) in [5.74, 6) is 2.47. The molecule has 0 unspecified atom stereocenters. The number of methoxy groups -OCH3 is 3. The first-order valence-electron chi connectivity index (χ1n) is 27.2. The smallest absolute Gasteiger partial charge is 0.174 e. The number of hydrogen-bond acceptors (Lipinski definition) is 10. The number of halogens is 1. The molecule has 12 heteroatoms. The van der Waals surface area contributed by atoms with E-state index in [4.69, 9.17) is 43.4 Å². The van der Waals surface area contributed by atoms with Gasteiger partial charge >= 0.3 is 0 Å². The fourth-order valence-electron chi connectivity index (χ4n) is 11.6. The van der Waals surface area contributed by atoms with E-state index in [-0.39, 0.29) is 6.61 Å². The zero-order valence-corrected chi connectivity index (χ0v) is 45.5. The van der Waals surface area contributed by atoms with Crippen molar-refractivity contribution in [3.8, 4) is 17.2 Å². The molecule has 408 valence electrons. The molecule has 82 heavy (non-hydrogen) atoms. The second-order valence-electron chi connectivity index (χ2n) is 20.1. The minimum atomic E-state index is -1.85. The van der Waals surface area contributed by atoms with Crippen LogP contribution in [0.4, 0.5) is 10.2 Å². The molecule has 1 aliphatic rings. The molecule has 9 aromatic carbocycles. The highest BCUT2D eigenvalue weighted by Crippen LogP contribution is 2.49. The quantitative estimate of drug-likeness (QED) is 0.0741. The van der Waals surface area contributed by atoms with Crippen molar-refractivity contribution in [3.05, 3.63) is 318 Å². The summed E-state index contributed by atoms with van der Waals surface area (Å²) in [6, 6.07) is 83.8. The van der Waals surface area contributed by atoms with Crippen LogP contribution in [0.25, 0.3) is 11.2 Å². The Kier molecular flexibility index (Phi) is 15.1. The van der Waals surface area contributed by atoms with Gasteiger partial charge in [-0.2, -0.15) is 0 Å². The number of imidazole rings is 1. The van der Waals surface area contributed by atoms with Gasteiger partial charge in [0, 0.05) is 0 Å². The third-order valence-corrected chi connectivity index (χ3v) is 15.6. The van der Waals surface area contributed by atoms with Crippen LogP contribution in [0.15, 0.2) is 267 Å². The Hall–Kier alpha value is -9.46. The first-order valence-corrected chi connectivity index (χ1v) is 27.2. The summed E-state index contributed by atoms with van der Waals surface area (Å²) < 4.78 is 60.2.